The molecule has 0 radical (unpaired) electrons. The van der Waals surface area contributed by atoms with Crippen molar-refractivity contribution < 1.29 is 4.74 Å². The van der Waals surface area contributed by atoms with Gasteiger partial charge in [-0.3, -0.25) is 0 Å². The van der Waals surface area contributed by atoms with Crippen molar-refractivity contribution in [2.24, 2.45) is 0 Å². The molecule has 0 aliphatic carbocycles. The van der Waals surface area contributed by atoms with E-state index >= 15 is 0 Å². The van der Waals surface area contributed by atoms with Crippen molar-refractivity contribution in [1.29, 1.82) is 0 Å². The van der Waals surface area contributed by atoms with Gasteiger partial charge in [0, 0.05) is 0 Å². The Labute approximate surface area is 112 Å². The molecule has 3 aromatic rings. The molecular formula is C16H13OSe+. The van der Waals surface area contributed by atoms with Gasteiger partial charge in [0.15, 0.2) is 0 Å². The number of fused-ring (bicyclic) bond motifs is 1. The monoisotopic (exact) mass is 301 g/mol. The van der Waals surface area contributed by atoms with E-state index in [1.807, 2.05) is 0 Å². The molecule has 0 unspecified atom stereocenters. The zero-order valence-corrected chi connectivity index (χ0v) is 11.8. The van der Waals surface area contributed by atoms with Gasteiger partial charge in [-0.25, -0.2) is 0 Å². The first-order chi connectivity index (χ1) is 8.88. The molecule has 1 nitrogen and oxygen atoms in total. The first kappa shape index (κ1) is 11.5. The van der Waals surface area contributed by atoms with E-state index < -0.39 is 0 Å². The summed E-state index contributed by atoms with van der Waals surface area (Å²) in [6.45, 7) is 0. The molecule has 0 aliphatic heterocycles. The second-order valence-corrected chi connectivity index (χ2v) is 6.32. The Bertz CT molecular complexity index is 677. The minimum absolute atomic E-state index is 0.347. The summed E-state index contributed by atoms with van der Waals surface area (Å²) in [4.78, 5) is 0. The van der Waals surface area contributed by atoms with Crippen LogP contribution in [0, 0.1) is 0 Å². The van der Waals surface area contributed by atoms with Crippen LogP contribution < -0.4 is 4.74 Å². The Morgan fingerprint density at radius 2 is 1.61 bits per heavy atom. The molecule has 2 heteroatoms. The van der Waals surface area contributed by atoms with Crippen molar-refractivity contribution in [3.63, 3.8) is 0 Å². The molecule has 88 valence electrons. The molecule has 0 amide bonds. The summed E-state index contributed by atoms with van der Waals surface area (Å²) in [5, 5.41) is 1.24. The van der Waals surface area contributed by atoms with Gasteiger partial charge in [-0.1, -0.05) is 0 Å². The Hall–Kier alpha value is -1.63. The molecule has 1 aromatic heterocycles. The van der Waals surface area contributed by atoms with Gasteiger partial charge in [0.05, 0.1) is 0 Å². The third-order valence-electron chi connectivity index (χ3n) is 2.91. The van der Waals surface area contributed by atoms with Gasteiger partial charge < -0.3 is 0 Å². The molecule has 3 rings (SSSR count). The van der Waals surface area contributed by atoms with Crippen LogP contribution in [-0.4, -0.2) is 21.6 Å². The van der Waals surface area contributed by atoms with Gasteiger partial charge in [-0.15, -0.1) is 0 Å². The molecular weight excluding hydrogens is 287 g/mol. The molecule has 0 spiro atoms. The fourth-order valence-corrected chi connectivity index (χ4v) is 4.29. The quantitative estimate of drug-likeness (QED) is 0.653. The third-order valence-corrected chi connectivity index (χ3v) is 5.32. The van der Waals surface area contributed by atoms with E-state index in [9.17, 15) is 0 Å². The SMILES string of the molecule is COc1cc(-c2ccccc2)[se+]c2ccccc12. The predicted molar refractivity (Wildman–Crippen MR) is 77.3 cm³/mol. The molecule has 0 aliphatic rings. The maximum atomic E-state index is 5.52. The van der Waals surface area contributed by atoms with E-state index in [2.05, 4.69) is 60.7 Å². The number of methoxy groups -OCH3 is 1. The first-order valence-corrected chi connectivity index (χ1v) is 7.55. The van der Waals surface area contributed by atoms with Crippen LogP contribution in [0.3, 0.4) is 0 Å². The van der Waals surface area contributed by atoms with E-state index in [1.165, 1.54) is 19.6 Å². The minimum atomic E-state index is 0.347. The number of benzene rings is 2. The Kier molecular flexibility index (Phi) is 3.14. The summed E-state index contributed by atoms with van der Waals surface area (Å²) in [6, 6.07) is 21.2. The topological polar surface area (TPSA) is 9.23 Å². The standard InChI is InChI=1S/C16H13OSe/c1-17-14-11-16(12-7-3-2-4-8-12)18-15-10-6-5-9-13(14)15/h2-11H,1H3/q+1. The average Bonchev–Trinajstić information content (AvgIpc) is 2.47. The third kappa shape index (κ3) is 2.05. The molecule has 0 N–H and O–H groups in total. The van der Waals surface area contributed by atoms with Crippen LogP contribution in [0.1, 0.15) is 0 Å². The molecule has 0 fully saturated rings. The fourth-order valence-electron chi connectivity index (χ4n) is 2.02. The van der Waals surface area contributed by atoms with Crippen LogP contribution >= 0.6 is 0 Å². The fraction of sp³-hybridized carbons (Fsp3) is 0.0625. The molecule has 1 heterocycles. The molecule has 0 bridgehead atoms. The van der Waals surface area contributed by atoms with E-state index in [4.69, 9.17) is 4.74 Å². The Morgan fingerprint density at radius 3 is 2.39 bits per heavy atom. The van der Waals surface area contributed by atoms with Crippen LogP contribution in [-0.2, 0) is 0 Å². The van der Waals surface area contributed by atoms with E-state index in [-0.39, 0.29) is 0 Å². The zero-order valence-electron chi connectivity index (χ0n) is 10.1. The molecule has 2 aromatic carbocycles. The van der Waals surface area contributed by atoms with Gasteiger partial charge in [-0.05, 0) is 0 Å². The van der Waals surface area contributed by atoms with Gasteiger partial charge in [0.25, 0.3) is 0 Å². The first-order valence-electron chi connectivity index (χ1n) is 5.84. The van der Waals surface area contributed by atoms with E-state index in [1.54, 1.807) is 7.11 Å². The van der Waals surface area contributed by atoms with Crippen molar-refractivity contribution in [1.82, 2.24) is 0 Å². The summed E-state index contributed by atoms with van der Waals surface area (Å²) >= 11 is 0.347. The maximum absolute atomic E-state index is 5.52. The molecule has 0 saturated carbocycles. The number of hydrogen-bond acceptors (Lipinski definition) is 1. The summed E-state index contributed by atoms with van der Waals surface area (Å²) in [6.07, 6.45) is 0. The van der Waals surface area contributed by atoms with Crippen LogP contribution in [0.2, 0.25) is 0 Å². The number of hydrogen-bond donors (Lipinski definition) is 0. The molecule has 0 saturated heterocycles. The van der Waals surface area contributed by atoms with Crippen molar-refractivity contribution in [2.75, 3.05) is 7.11 Å². The normalized spacial score (nSPS) is 10.5. The second kappa shape index (κ2) is 4.93. The van der Waals surface area contributed by atoms with E-state index in [0.717, 1.165) is 5.75 Å². The number of rotatable bonds is 2. The van der Waals surface area contributed by atoms with Crippen molar-refractivity contribution in [2.45, 2.75) is 0 Å². The summed E-state index contributed by atoms with van der Waals surface area (Å²) in [5.74, 6) is 0.970. The summed E-state index contributed by atoms with van der Waals surface area (Å²) in [5.41, 5.74) is 1.29. The van der Waals surface area contributed by atoms with E-state index in [0.29, 0.717) is 14.5 Å². The predicted octanol–water partition coefficient (Wildman–Crippen LogP) is 3.85. The van der Waals surface area contributed by atoms with Crippen molar-refractivity contribution in [3.8, 4) is 15.8 Å². The Balaban J connectivity index is 2.26. The van der Waals surface area contributed by atoms with Gasteiger partial charge in [-0.2, -0.15) is 0 Å². The van der Waals surface area contributed by atoms with Crippen molar-refractivity contribution in [3.05, 3.63) is 60.7 Å². The van der Waals surface area contributed by atoms with Crippen LogP contribution in [0.5, 0.6) is 5.75 Å². The van der Waals surface area contributed by atoms with Gasteiger partial charge in [0.1, 0.15) is 0 Å². The Morgan fingerprint density at radius 1 is 0.889 bits per heavy atom. The summed E-state index contributed by atoms with van der Waals surface area (Å²) < 4.78 is 8.29. The molecule has 0 atom stereocenters. The molecule has 18 heavy (non-hydrogen) atoms. The van der Waals surface area contributed by atoms with Gasteiger partial charge >= 0.3 is 112 Å². The summed E-state index contributed by atoms with van der Waals surface area (Å²) in [7, 11) is 1.74. The average molecular weight is 300 g/mol. The van der Waals surface area contributed by atoms with Crippen LogP contribution in [0.4, 0.5) is 0 Å². The van der Waals surface area contributed by atoms with Crippen molar-refractivity contribution >= 4 is 24.1 Å². The van der Waals surface area contributed by atoms with Crippen LogP contribution in [0.15, 0.2) is 60.7 Å². The van der Waals surface area contributed by atoms with Gasteiger partial charge in [0.2, 0.25) is 0 Å². The van der Waals surface area contributed by atoms with Crippen LogP contribution in [0.25, 0.3) is 19.6 Å². The zero-order chi connectivity index (χ0) is 12.4. The second-order valence-electron chi connectivity index (χ2n) is 4.04. The number of ether oxygens (including phenoxy) is 1.